The predicted octanol–water partition coefficient (Wildman–Crippen LogP) is 4.01. The Kier molecular flexibility index (Phi) is 3.96. The van der Waals surface area contributed by atoms with Crippen LogP contribution in [0.2, 0.25) is 0 Å². The number of nitrogens with zero attached hydrogens (tertiary/aromatic N) is 1. The zero-order valence-electron chi connectivity index (χ0n) is 15.8. The second-order valence-electron chi connectivity index (χ2n) is 6.87. The summed E-state index contributed by atoms with van der Waals surface area (Å²) in [6, 6.07) is 17.0. The number of aromatic nitrogens is 1. The molecule has 0 fully saturated rings. The number of fused-ring (bicyclic) bond motifs is 4. The maximum atomic E-state index is 12.8. The number of amides is 1. The van der Waals surface area contributed by atoms with Crippen LogP contribution >= 0.6 is 0 Å². The van der Waals surface area contributed by atoms with Crippen LogP contribution in [-0.4, -0.2) is 10.9 Å². The van der Waals surface area contributed by atoms with Crippen molar-refractivity contribution in [3.63, 3.8) is 0 Å². The van der Waals surface area contributed by atoms with E-state index in [1.54, 1.807) is 55.5 Å². The van der Waals surface area contributed by atoms with Crippen molar-refractivity contribution in [3.05, 3.63) is 92.6 Å². The van der Waals surface area contributed by atoms with E-state index in [4.69, 9.17) is 8.83 Å². The molecule has 0 atom stereocenters. The molecule has 5 aromatic rings. The molecule has 3 heterocycles. The number of aryl methyl sites for hydroxylation is 1. The first-order chi connectivity index (χ1) is 14.5. The third-order valence-electron chi connectivity index (χ3n) is 4.89. The molecule has 0 radical (unpaired) electrons. The van der Waals surface area contributed by atoms with E-state index >= 15 is 0 Å². The number of hydrogen-bond donors (Lipinski definition) is 1. The highest BCUT2D eigenvalue weighted by atomic mass is 16.4. The molecular formula is C23H14N2O5. The van der Waals surface area contributed by atoms with Gasteiger partial charge >= 0.3 is 11.3 Å². The Morgan fingerprint density at radius 1 is 0.900 bits per heavy atom. The monoisotopic (exact) mass is 398 g/mol. The summed E-state index contributed by atoms with van der Waals surface area (Å²) in [6.07, 6.45) is 0. The summed E-state index contributed by atoms with van der Waals surface area (Å²) in [5.74, 6) is -0.429. The number of carbonyl (C=O) groups excluding carboxylic acids is 1. The van der Waals surface area contributed by atoms with Crippen molar-refractivity contribution in [1.82, 2.24) is 4.98 Å². The van der Waals surface area contributed by atoms with E-state index in [9.17, 15) is 14.4 Å². The first-order valence-corrected chi connectivity index (χ1v) is 9.19. The van der Waals surface area contributed by atoms with Gasteiger partial charge in [-0.25, -0.2) is 14.6 Å². The lowest BCUT2D eigenvalue weighted by atomic mass is 10.1. The molecular weight excluding hydrogens is 384 g/mol. The van der Waals surface area contributed by atoms with Crippen molar-refractivity contribution in [2.24, 2.45) is 0 Å². The van der Waals surface area contributed by atoms with Crippen molar-refractivity contribution >= 4 is 44.6 Å². The SMILES string of the molecule is Cc1cc(NC(=O)c2cc3ccccc3oc2=O)nc2c1c(=O)oc1ccccc12. The maximum absolute atomic E-state index is 12.8. The molecule has 0 aliphatic carbocycles. The molecule has 5 rings (SSSR count). The van der Waals surface area contributed by atoms with Crippen molar-refractivity contribution < 1.29 is 13.6 Å². The van der Waals surface area contributed by atoms with E-state index in [2.05, 4.69) is 10.3 Å². The topological polar surface area (TPSA) is 102 Å². The van der Waals surface area contributed by atoms with Gasteiger partial charge in [-0.1, -0.05) is 30.3 Å². The van der Waals surface area contributed by atoms with Crippen LogP contribution in [0.1, 0.15) is 15.9 Å². The highest BCUT2D eigenvalue weighted by Gasteiger charge is 2.17. The Hall–Kier alpha value is -4.26. The number of rotatable bonds is 2. The van der Waals surface area contributed by atoms with Crippen LogP contribution in [0.25, 0.3) is 32.8 Å². The maximum Gasteiger partial charge on any atom is 0.349 e. The molecule has 30 heavy (non-hydrogen) atoms. The molecule has 3 aromatic heterocycles. The lowest BCUT2D eigenvalue weighted by Crippen LogP contribution is -2.21. The Bertz CT molecular complexity index is 1600. The Labute approximate surface area is 168 Å². The lowest BCUT2D eigenvalue weighted by Gasteiger charge is -2.09. The fourth-order valence-electron chi connectivity index (χ4n) is 3.50. The van der Waals surface area contributed by atoms with Crippen molar-refractivity contribution in [2.75, 3.05) is 5.32 Å². The van der Waals surface area contributed by atoms with E-state index in [1.807, 2.05) is 6.07 Å². The molecule has 7 heteroatoms. The van der Waals surface area contributed by atoms with Gasteiger partial charge in [-0.3, -0.25) is 4.79 Å². The van der Waals surface area contributed by atoms with Crippen LogP contribution in [0.4, 0.5) is 5.82 Å². The zero-order valence-corrected chi connectivity index (χ0v) is 15.8. The summed E-state index contributed by atoms with van der Waals surface area (Å²) >= 11 is 0. The molecule has 0 spiro atoms. The standard InChI is InChI=1S/C23H14N2O5/c1-12-10-18(24-20-14-7-3-5-9-17(14)30-23(28)19(12)20)25-21(26)15-11-13-6-2-4-8-16(13)29-22(15)27/h2-11H,1H3,(H,24,25,26). The third kappa shape index (κ3) is 2.84. The van der Waals surface area contributed by atoms with E-state index < -0.39 is 17.2 Å². The summed E-state index contributed by atoms with van der Waals surface area (Å²) in [5.41, 5.74) is 0.447. The molecule has 0 bridgehead atoms. The molecule has 0 saturated carbocycles. The van der Waals surface area contributed by atoms with Gasteiger partial charge in [-0.15, -0.1) is 0 Å². The Balaban J connectivity index is 1.63. The lowest BCUT2D eigenvalue weighted by molar-refractivity contribution is 0.102. The predicted molar refractivity (Wildman–Crippen MR) is 113 cm³/mol. The Morgan fingerprint density at radius 3 is 2.43 bits per heavy atom. The molecule has 0 saturated heterocycles. The highest BCUT2D eigenvalue weighted by Crippen LogP contribution is 2.25. The smallest absolute Gasteiger partial charge is 0.349 e. The van der Waals surface area contributed by atoms with Crippen molar-refractivity contribution in [2.45, 2.75) is 6.92 Å². The number of pyridine rings is 1. The molecule has 0 unspecified atom stereocenters. The Morgan fingerprint density at radius 2 is 1.60 bits per heavy atom. The van der Waals surface area contributed by atoms with Gasteiger partial charge in [0, 0.05) is 10.8 Å². The molecule has 2 aromatic carbocycles. The molecule has 1 amide bonds. The largest absolute Gasteiger partial charge is 0.422 e. The number of benzene rings is 2. The summed E-state index contributed by atoms with van der Waals surface area (Å²) in [7, 11) is 0. The molecule has 146 valence electrons. The number of carbonyl (C=O) groups is 1. The summed E-state index contributed by atoms with van der Waals surface area (Å²) in [4.78, 5) is 41.9. The van der Waals surface area contributed by atoms with Crippen LogP contribution in [0.3, 0.4) is 0 Å². The van der Waals surface area contributed by atoms with Crippen LogP contribution in [-0.2, 0) is 0 Å². The summed E-state index contributed by atoms with van der Waals surface area (Å²) in [6.45, 7) is 1.73. The average molecular weight is 398 g/mol. The third-order valence-corrected chi connectivity index (χ3v) is 4.89. The molecule has 7 nitrogen and oxygen atoms in total. The molecule has 0 aliphatic rings. The van der Waals surface area contributed by atoms with Gasteiger partial charge in [-0.05, 0) is 42.8 Å². The quantitative estimate of drug-likeness (QED) is 0.356. The van der Waals surface area contributed by atoms with Gasteiger partial charge in [0.15, 0.2) is 0 Å². The second kappa shape index (κ2) is 6.66. The van der Waals surface area contributed by atoms with Crippen molar-refractivity contribution in [3.8, 4) is 0 Å². The van der Waals surface area contributed by atoms with Crippen LogP contribution in [0, 0.1) is 6.92 Å². The van der Waals surface area contributed by atoms with Crippen LogP contribution < -0.4 is 16.6 Å². The summed E-state index contributed by atoms with van der Waals surface area (Å²) in [5, 5.41) is 4.26. The second-order valence-corrected chi connectivity index (χ2v) is 6.87. The number of anilines is 1. The van der Waals surface area contributed by atoms with Crippen LogP contribution in [0.15, 0.2) is 79.1 Å². The minimum absolute atomic E-state index is 0.134. The first kappa shape index (κ1) is 17.8. The van der Waals surface area contributed by atoms with E-state index in [0.29, 0.717) is 38.4 Å². The fraction of sp³-hybridized carbons (Fsp3) is 0.0435. The summed E-state index contributed by atoms with van der Waals surface area (Å²) < 4.78 is 10.6. The highest BCUT2D eigenvalue weighted by molar-refractivity contribution is 6.07. The minimum atomic E-state index is -0.741. The normalized spacial score (nSPS) is 11.2. The van der Waals surface area contributed by atoms with Gasteiger partial charge in [0.05, 0.1) is 10.9 Å². The number of hydrogen-bond acceptors (Lipinski definition) is 6. The van der Waals surface area contributed by atoms with Crippen molar-refractivity contribution in [1.29, 1.82) is 0 Å². The minimum Gasteiger partial charge on any atom is -0.422 e. The fourth-order valence-corrected chi connectivity index (χ4v) is 3.50. The molecule has 0 aliphatic heterocycles. The molecule has 1 N–H and O–H groups in total. The van der Waals surface area contributed by atoms with Gasteiger partial charge in [0.25, 0.3) is 5.91 Å². The van der Waals surface area contributed by atoms with Gasteiger partial charge in [0.1, 0.15) is 22.5 Å². The van der Waals surface area contributed by atoms with E-state index in [-0.39, 0.29) is 11.4 Å². The number of para-hydroxylation sites is 2. The van der Waals surface area contributed by atoms with E-state index in [0.717, 1.165) is 0 Å². The first-order valence-electron chi connectivity index (χ1n) is 9.19. The van der Waals surface area contributed by atoms with Gasteiger partial charge < -0.3 is 14.2 Å². The van der Waals surface area contributed by atoms with Crippen LogP contribution in [0.5, 0.6) is 0 Å². The van der Waals surface area contributed by atoms with Gasteiger partial charge in [0.2, 0.25) is 0 Å². The van der Waals surface area contributed by atoms with Gasteiger partial charge in [-0.2, -0.15) is 0 Å². The number of nitrogens with one attached hydrogen (secondary N) is 1. The zero-order chi connectivity index (χ0) is 20.8. The van der Waals surface area contributed by atoms with E-state index in [1.165, 1.54) is 6.07 Å². The average Bonchev–Trinajstić information content (AvgIpc) is 2.73.